The van der Waals surface area contributed by atoms with Gasteiger partial charge in [0, 0.05) is 24.8 Å². The van der Waals surface area contributed by atoms with E-state index < -0.39 is 17.9 Å². The Morgan fingerprint density at radius 2 is 2.00 bits per heavy atom. The molecule has 0 saturated heterocycles. The minimum absolute atomic E-state index is 0.0687. The lowest BCUT2D eigenvalue weighted by Crippen LogP contribution is -2.33. The highest BCUT2D eigenvalue weighted by molar-refractivity contribution is 5.71. The molecule has 2 rings (SSSR count). The fourth-order valence-corrected chi connectivity index (χ4v) is 2.05. The maximum Gasteiger partial charge on any atom is 0.308 e. The maximum atomic E-state index is 11.0. The summed E-state index contributed by atoms with van der Waals surface area (Å²) in [5.74, 6) is -1.25. The standard InChI is InChI=1S/C14H17NO6/c1-9(14(18)19)7-15(5-4-13(16)17)10-2-3-11-12(6-10)21-8-20-11/h2-3,6,9H,4-5,7-8H2,1H3,(H,16,17)(H,18,19). The van der Waals surface area contributed by atoms with Crippen LogP contribution in [0.5, 0.6) is 11.5 Å². The fraction of sp³-hybridized carbons (Fsp3) is 0.429. The van der Waals surface area contributed by atoms with E-state index in [0.717, 1.165) is 0 Å². The van der Waals surface area contributed by atoms with E-state index in [1.54, 1.807) is 30.0 Å². The lowest BCUT2D eigenvalue weighted by molar-refractivity contribution is -0.140. The zero-order chi connectivity index (χ0) is 15.4. The second-order valence-corrected chi connectivity index (χ2v) is 4.87. The molecule has 0 bridgehead atoms. The van der Waals surface area contributed by atoms with Crippen LogP contribution >= 0.6 is 0 Å². The first-order valence-corrected chi connectivity index (χ1v) is 6.56. The number of fused-ring (bicyclic) bond motifs is 1. The van der Waals surface area contributed by atoms with Crippen LogP contribution in [0, 0.1) is 5.92 Å². The molecule has 2 N–H and O–H groups in total. The van der Waals surface area contributed by atoms with Crippen molar-refractivity contribution >= 4 is 17.6 Å². The van der Waals surface area contributed by atoms with Crippen molar-refractivity contribution in [1.29, 1.82) is 0 Å². The van der Waals surface area contributed by atoms with E-state index in [1.165, 1.54) is 0 Å². The van der Waals surface area contributed by atoms with Crippen molar-refractivity contribution < 1.29 is 29.3 Å². The summed E-state index contributed by atoms with van der Waals surface area (Å²) in [4.78, 5) is 23.5. The van der Waals surface area contributed by atoms with Gasteiger partial charge in [-0.05, 0) is 12.1 Å². The lowest BCUT2D eigenvalue weighted by Gasteiger charge is -2.26. The van der Waals surface area contributed by atoms with Gasteiger partial charge in [-0.25, -0.2) is 0 Å². The second-order valence-electron chi connectivity index (χ2n) is 4.87. The van der Waals surface area contributed by atoms with Crippen molar-refractivity contribution in [1.82, 2.24) is 0 Å². The van der Waals surface area contributed by atoms with Gasteiger partial charge in [-0.15, -0.1) is 0 Å². The monoisotopic (exact) mass is 295 g/mol. The van der Waals surface area contributed by atoms with Gasteiger partial charge in [-0.2, -0.15) is 0 Å². The predicted octanol–water partition coefficient (Wildman–Crippen LogP) is 1.42. The Bertz CT molecular complexity index is 544. The molecule has 114 valence electrons. The third kappa shape index (κ3) is 3.77. The summed E-state index contributed by atoms with van der Waals surface area (Å²) >= 11 is 0. The number of carboxylic acid groups (broad SMARTS) is 2. The van der Waals surface area contributed by atoms with E-state index in [2.05, 4.69) is 0 Å². The highest BCUT2D eigenvalue weighted by Crippen LogP contribution is 2.35. The normalized spacial score (nSPS) is 13.8. The molecule has 1 heterocycles. The van der Waals surface area contributed by atoms with Crippen LogP contribution in [0.4, 0.5) is 5.69 Å². The summed E-state index contributed by atoms with van der Waals surface area (Å²) in [5.41, 5.74) is 0.716. The Hall–Kier alpha value is -2.44. The molecule has 1 aliphatic rings. The van der Waals surface area contributed by atoms with Crippen LogP contribution in [0.25, 0.3) is 0 Å². The number of hydrogen-bond acceptors (Lipinski definition) is 5. The van der Waals surface area contributed by atoms with Gasteiger partial charge >= 0.3 is 11.9 Å². The van der Waals surface area contributed by atoms with Crippen LogP contribution in [0.3, 0.4) is 0 Å². The molecule has 0 amide bonds. The average molecular weight is 295 g/mol. The number of rotatable bonds is 7. The maximum absolute atomic E-state index is 11.0. The van der Waals surface area contributed by atoms with Gasteiger partial charge < -0.3 is 24.6 Å². The minimum Gasteiger partial charge on any atom is -0.481 e. The SMILES string of the molecule is CC(CN(CCC(=O)O)c1ccc2c(c1)OCO2)C(=O)O. The molecule has 0 saturated carbocycles. The topological polar surface area (TPSA) is 96.3 Å². The van der Waals surface area contributed by atoms with E-state index in [0.29, 0.717) is 17.2 Å². The lowest BCUT2D eigenvalue weighted by atomic mass is 10.1. The van der Waals surface area contributed by atoms with E-state index in [4.69, 9.17) is 19.7 Å². The first kappa shape index (κ1) is 15.0. The number of aliphatic carboxylic acids is 2. The van der Waals surface area contributed by atoms with Crippen molar-refractivity contribution in [2.45, 2.75) is 13.3 Å². The van der Waals surface area contributed by atoms with Gasteiger partial charge in [0.15, 0.2) is 11.5 Å². The van der Waals surface area contributed by atoms with Crippen LogP contribution in [-0.2, 0) is 9.59 Å². The molecule has 1 unspecified atom stereocenters. The number of ether oxygens (including phenoxy) is 2. The molecule has 7 nitrogen and oxygen atoms in total. The Morgan fingerprint density at radius 1 is 1.29 bits per heavy atom. The molecule has 1 aliphatic heterocycles. The number of anilines is 1. The summed E-state index contributed by atoms with van der Waals surface area (Å²) in [6.07, 6.45) is -0.0687. The molecule has 0 radical (unpaired) electrons. The van der Waals surface area contributed by atoms with E-state index >= 15 is 0 Å². The molecule has 0 fully saturated rings. The van der Waals surface area contributed by atoms with Crippen molar-refractivity contribution in [3.63, 3.8) is 0 Å². The number of nitrogens with zero attached hydrogens (tertiary/aromatic N) is 1. The summed E-state index contributed by atoms with van der Waals surface area (Å²) in [6, 6.07) is 5.24. The Kier molecular flexibility index (Phi) is 4.52. The van der Waals surface area contributed by atoms with Crippen molar-refractivity contribution in [2.75, 3.05) is 24.8 Å². The summed E-state index contributed by atoms with van der Waals surface area (Å²) in [5, 5.41) is 17.8. The van der Waals surface area contributed by atoms with Crippen LogP contribution in [0.2, 0.25) is 0 Å². The molecular formula is C14H17NO6. The van der Waals surface area contributed by atoms with Crippen LogP contribution < -0.4 is 14.4 Å². The van der Waals surface area contributed by atoms with E-state index in [9.17, 15) is 9.59 Å². The van der Waals surface area contributed by atoms with Gasteiger partial charge in [0.05, 0.1) is 12.3 Å². The molecule has 7 heteroatoms. The molecular weight excluding hydrogens is 278 g/mol. The van der Waals surface area contributed by atoms with Gasteiger partial charge in [-0.1, -0.05) is 6.92 Å². The van der Waals surface area contributed by atoms with Crippen LogP contribution in [0.15, 0.2) is 18.2 Å². The predicted molar refractivity (Wildman–Crippen MR) is 73.8 cm³/mol. The highest BCUT2D eigenvalue weighted by atomic mass is 16.7. The quantitative estimate of drug-likeness (QED) is 0.785. The molecule has 21 heavy (non-hydrogen) atoms. The zero-order valence-electron chi connectivity index (χ0n) is 11.6. The van der Waals surface area contributed by atoms with Crippen molar-refractivity contribution in [2.24, 2.45) is 5.92 Å². The number of carboxylic acids is 2. The number of carbonyl (C=O) groups is 2. The largest absolute Gasteiger partial charge is 0.481 e. The molecule has 0 aromatic heterocycles. The first-order valence-electron chi connectivity index (χ1n) is 6.56. The van der Waals surface area contributed by atoms with Gasteiger partial charge in [0.2, 0.25) is 6.79 Å². The van der Waals surface area contributed by atoms with Gasteiger partial charge in [-0.3, -0.25) is 9.59 Å². The van der Waals surface area contributed by atoms with E-state index in [-0.39, 0.29) is 26.3 Å². The summed E-state index contributed by atoms with van der Waals surface area (Å²) < 4.78 is 10.5. The molecule has 1 atom stereocenters. The van der Waals surface area contributed by atoms with Gasteiger partial charge in [0.1, 0.15) is 0 Å². The molecule has 0 aliphatic carbocycles. The van der Waals surface area contributed by atoms with Crippen molar-refractivity contribution in [3.8, 4) is 11.5 Å². The van der Waals surface area contributed by atoms with E-state index in [1.807, 2.05) is 0 Å². The van der Waals surface area contributed by atoms with Crippen LogP contribution in [0.1, 0.15) is 13.3 Å². The minimum atomic E-state index is -0.927. The third-order valence-corrected chi connectivity index (χ3v) is 3.23. The summed E-state index contributed by atoms with van der Waals surface area (Å²) in [7, 11) is 0. The third-order valence-electron chi connectivity index (χ3n) is 3.23. The molecule has 0 spiro atoms. The van der Waals surface area contributed by atoms with Crippen LogP contribution in [-0.4, -0.2) is 42.0 Å². The Labute approximate surface area is 121 Å². The summed E-state index contributed by atoms with van der Waals surface area (Å²) in [6.45, 7) is 2.19. The smallest absolute Gasteiger partial charge is 0.308 e. The Morgan fingerprint density at radius 3 is 2.67 bits per heavy atom. The number of hydrogen-bond donors (Lipinski definition) is 2. The molecule has 1 aromatic rings. The fourth-order valence-electron chi connectivity index (χ4n) is 2.05. The zero-order valence-corrected chi connectivity index (χ0v) is 11.6. The first-order chi connectivity index (χ1) is 9.97. The van der Waals surface area contributed by atoms with Gasteiger partial charge in [0.25, 0.3) is 0 Å². The second kappa shape index (κ2) is 6.34. The Balaban J connectivity index is 2.17. The highest BCUT2D eigenvalue weighted by Gasteiger charge is 2.20. The number of benzene rings is 1. The van der Waals surface area contributed by atoms with Crippen molar-refractivity contribution in [3.05, 3.63) is 18.2 Å². The average Bonchev–Trinajstić information content (AvgIpc) is 2.89. The molecule has 1 aromatic carbocycles.